The van der Waals surface area contributed by atoms with Crippen LogP contribution in [0.5, 0.6) is 5.75 Å². The van der Waals surface area contributed by atoms with Crippen molar-refractivity contribution in [3.63, 3.8) is 0 Å². The summed E-state index contributed by atoms with van der Waals surface area (Å²) in [5.74, 6) is -1.20. The van der Waals surface area contributed by atoms with Gasteiger partial charge in [0.15, 0.2) is 0 Å². The number of carbonyl (C=O) groups excluding carboxylic acids is 1. The lowest BCUT2D eigenvalue weighted by Gasteiger charge is -2.33. The summed E-state index contributed by atoms with van der Waals surface area (Å²) in [7, 11) is -3.16. The maximum absolute atomic E-state index is 13.7. The number of benzene rings is 2. The summed E-state index contributed by atoms with van der Waals surface area (Å²) in [5.41, 5.74) is 1.70. The Morgan fingerprint density at radius 1 is 1.00 bits per heavy atom. The van der Waals surface area contributed by atoms with E-state index in [2.05, 4.69) is 20.8 Å². The second kappa shape index (κ2) is 9.01. The van der Waals surface area contributed by atoms with Crippen LogP contribution in [0.15, 0.2) is 40.9 Å². The van der Waals surface area contributed by atoms with E-state index in [-0.39, 0.29) is 15.8 Å². The van der Waals surface area contributed by atoms with E-state index >= 15 is 0 Å². The number of carbonyl (C=O) groups is 1. The summed E-state index contributed by atoms with van der Waals surface area (Å²) in [6, 6.07) is 8.22. The van der Waals surface area contributed by atoms with E-state index in [0.717, 1.165) is 6.07 Å². The Morgan fingerprint density at radius 3 is 2.28 bits per heavy atom. The van der Waals surface area contributed by atoms with Crippen LogP contribution in [0.4, 0.5) is 8.78 Å². The van der Waals surface area contributed by atoms with Crippen LogP contribution in [0.3, 0.4) is 0 Å². The number of halogens is 3. The van der Waals surface area contributed by atoms with E-state index < -0.39 is 21.7 Å². The molecule has 0 saturated carbocycles. The molecule has 0 radical (unpaired) electrons. The zero-order chi connectivity index (χ0) is 23.0. The first-order chi connectivity index (χ1) is 15.1. The molecule has 0 unspecified atom stereocenters. The fourth-order valence-corrected chi connectivity index (χ4v) is 5.41. The van der Waals surface area contributed by atoms with Crippen molar-refractivity contribution < 1.29 is 26.7 Å². The fourth-order valence-electron chi connectivity index (χ4n) is 3.93. The van der Waals surface area contributed by atoms with Gasteiger partial charge in [-0.05, 0) is 57.4 Å². The number of piperazine rings is 1. The molecule has 1 saturated heterocycles. The molecule has 0 amide bonds. The van der Waals surface area contributed by atoms with E-state index in [4.69, 9.17) is 4.74 Å². The Morgan fingerprint density at radius 2 is 1.66 bits per heavy atom. The van der Waals surface area contributed by atoms with E-state index in [0.29, 0.717) is 61.8 Å². The summed E-state index contributed by atoms with van der Waals surface area (Å²) in [6.07, 6.45) is 1.21. The van der Waals surface area contributed by atoms with Gasteiger partial charge in [0, 0.05) is 49.9 Å². The maximum Gasteiger partial charge on any atom is 0.211 e. The van der Waals surface area contributed by atoms with E-state index in [1.165, 1.54) is 22.7 Å². The first kappa shape index (κ1) is 23.0. The topological polar surface area (TPSA) is 66.9 Å². The minimum Gasteiger partial charge on any atom is -0.492 e. The number of ketones is 1. The average Bonchev–Trinajstić information content (AvgIpc) is 2.97. The number of ether oxygens (including phenoxy) is 1. The summed E-state index contributed by atoms with van der Waals surface area (Å²) < 4.78 is 58.1. The van der Waals surface area contributed by atoms with Crippen LogP contribution >= 0.6 is 15.9 Å². The van der Waals surface area contributed by atoms with Gasteiger partial charge in [-0.15, -0.1) is 0 Å². The number of hydrogen-bond acceptors (Lipinski definition) is 5. The van der Waals surface area contributed by atoms with Crippen molar-refractivity contribution in [2.45, 2.75) is 0 Å². The van der Waals surface area contributed by atoms with Crippen LogP contribution in [-0.2, 0) is 10.0 Å². The Hall–Kier alpha value is -2.14. The third kappa shape index (κ3) is 4.78. The number of rotatable bonds is 6. The molecule has 1 aliphatic heterocycles. The zero-order valence-electron chi connectivity index (χ0n) is 17.3. The largest absolute Gasteiger partial charge is 0.492 e. The molecular weight excluding hydrogens is 506 g/mol. The second-order valence-electron chi connectivity index (χ2n) is 7.74. The van der Waals surface area contributed by atoms with Crippen LogP contribution in [-0.4, -0.2) is 69.0 Å². The summed E-state index contributed by atoms with van der Waals surface area (Å²) in [6.45, 7) is 3.17. The maximum atomic E-state index is 13.7. The lowest BCUT2D eigenvalue weighted by atomic mass is 9.99. The lowest BCUT2D eigenvalue weighted by molar-refractivity contribution is 0.104. The van der Waals surface area contributed by atoms with Crippen molar-refractivity contribution in [1.29, 1.82) is 0 Å². The SMILES string of the molecule is CS(=O)(=O)N1CCN(CCOc2ccc3c(c2)C(=O)C(Br)=C3c2cc(F)cc(F)c2)CC1. The van der Waals surface area contributed by atoms with Crippen molar-refractivity contribution in [2.75, 3.05) is 45.6 Å². The van der Waals surface area contributed by atoms with E-state index in [9.17, 15) is 22.0 Å². The Balaban J connectivity index is 1.42. The summed E-state index contributed by atoms with van der Waals surface area (Å²) in [4.78, 5) is 14.8. The number of allylic oxidation sites excluding steroid dienone is 1. The number of hydrogen-bond donors (Lipinski definition) is 0. The molecule has 2 aromatic carbocycles. The first-order valence-corrected chi connectivity index (χ1v) is 12.6. The van der Waals surface area contributed by atoms with Crippen LogP contribution in [0.25, 0.3) is 5.57 Å². The molecule has 1 fully saturated rings. The van der Waals surface area contributed by atoms with Crippen LogP contribution in [0.1, 0.15) is 21.5 Å². The number of fused-ring (bicyclic) bond motifs is 1. The van der Waals surface area contributed by atoms with Gasteiger partial charge in [-0.25, -0.2) is 17.2 Å². The highest BCUT2D eigenvalue weighted by molar-refractivity contribution is 9.12. The van der Waals surface area contributed by atoms with Crippen molar-refractivity contribution in [3.8, 4) is 5.75 Å². The third-order valence-electron chi connectivity index (χ3n) is 5.55. The van der Waals surface area contributed by atoms with Gasteiger partial charge >= 0.3 is 0 Å². The van der Waals surface area contributed by atoms with Gasteiger partial charge in [0.2, 0.25) is 15.8 Å². The third-order valence-corrected chi connectivity index (χ3v) is 7.61. The Bertz CT molecular complexity index is 1190. The van der Waals surface area contributed by atoms with Crippen LogP contribution in [0, 0.1) is 11.6 Å². The van der Waals surface area contributed by atoms with Gasteiger partial charge in [-0.2, -0.15) is 4.31 Å². The lowest BCUT2D eigenvalue weighted by Crippen LogP contribution is -2.49. The molecule has 2 aliphatic rings. The van der Waals surface area contributed by atoms with E-state index in [1.807, 2.05) is 0 Å². The van der Waals surface area contributed by atoms with Crippen molar-refractivity contribution >= 4 is 37.3 Å². The van der Waals surface area contributed by atoms with Crippen molar-refractivity contribution in [2.24, 2.45) is 0 Å². The molecule has 0 N–H and O–H groups in total. The van der Waals surface area contributed by atoms with Crippen LogP contribution < -0.4 is 4.74 Å². The van der Waals surface area contributed by atoms with Crippen molar-refractivity contribution in [1.82, 2.24) is 9.21 Å². The minimum absolute atomic E-state index is 0.249. The first-order valence-electron chi connectivity index (χ1n) is 9.99. The summed E-state index contributed by atoms with van der Waals surface area (Å²) in [5, 5.41) is 0. The molecule has 1 aliphatic carbocycles. The molecular formula is C22H21BrF2N2O4S. The standard InChI is InChI=1S/C22H21BrF2N2O4S/c1-32(29,30)27-6-4-26(5-7-27)8-9-31-17-2-3-18-19(13-17)22(28)21(23)20(18)14-10-15(24)12-16(25)11-14/h2-3,10-13H,4-9H2,1H3. The van der Waals surface area contributed by atoms with Gasteiger partial charge in [-0.3, -0.25) is 9.69 Å². The van der Waals surface area contributed by atoms with Gasteiger partial charge in [0.25, 0.3) is 0 Å². The molecule has 6 nitrogen and oxygen atoms in total. The molecule has 4 rings (SSSR count). The Kier molecular flexibility index (Phi) is 6.49. The molecule has 2 aromatic rings. The predicted molar refractivity (Wildman–Crippen MR) is 120 cm³/mol. The van der Waals surface area contributed by atoms with E-state index in [1.54, 1.807) is 18.2 Å². The number of sulfonamides is 1. The highest BCUT2D eigenvalue weighted by Crippen LogP contribution is 2.41. The number of Topliss-reactive ketones (excluding diaryl/α,β-unsaturated/α-hetero) is 1. The molecule has 0 bridgehead atoms. The quantitative estimate of drug-likeness (QED) is 0.577. The molecule has 0 atom stereocenters. The monoisotopic (exact) mass is 526 g/mol. The van der Waals surface area contributed by atoms with Gasteiger partial charge in [0.05, 0.1) is 10.7 Å². The average molecular weight is 527 g/mol. The molecule has 10 heteroatoms. The molecule has 0 aromatic heterocycles. The zero-order valence-corrected chi connectivity index (χ0v) is 19.7. The van der Waals surface area contributed by atoms with Gasteiger partial charge in [-0.1, -0.05) is 0 Å². The fraction of sp³-hybridized carbons (Fsp3) is 0.318. The highest BCUT2D eigenvalue weighted by atomic mass is 79.9. The molecule has 0 spiro atoms. The molecule has 170 valence electrons. The molecule has 32 heavy (non-hydrogen) atoms. The number of nitrogens with zero attached hydrogens (tertiary/aromatic N) is 2. The second-order valence-corrected chi connectivity index (χ2v) is 10.5. The Labute approximate surface area is 193 Å². The van der Waals surface area contributed by atoms with Crippen molar-refractivity contribution in [3.05, 3.63) is 69.2 Å². The highest BCUT2D eigenvalue weighted by Gasteiger charge is 2.30. The normalized spacial score (nSPS) is 17.7. The van der Waals surface area contributed by atoms with Gasteiger partial charge < -0.3 is 4.74 Å². The predicted octanol–water partition coefficient (Wildman–Crippen LogP) is 3.27. The van der Waals surface area contributed by atoms with Gasteiger partial charge in [0.1, 0.15) is 24.0 Å². The summed E-state index contributed by atoms with van der Waals surface area (Å²) >= 11 is 3.28. The minimum atomic E-state index is -3.16. The molecule has 1 heterocycles. The smallest absolute Gasteiger partial charge is 0.211 e. The van der Waals surface area contributed by atoms with Crippen LogP contribution in [0.2, 0.25) is 0 Å².